The van der Waals surface area contributed by atoms with E-state index in [-0.39, 0.29) is 36.3 Å². The number of rotatable bonds is 19. The molecule has 0 radical (unpaired) electrons. The van der Waals surface area contributed by atoms with E-state index in [0.29, 0.717) is 28.8 Å². The van der Waals surface area contributed by atoms with Gasteiger partial charge in [0.1, 0.15) is 27.9 Å². The van der Waals surface area contributed by atoms with E-state index in [1.807, 2.05) is 0 Å². The molecule has 2 unspecified atom stereocenters. The van der Waals surface area contributed by atoms with Gasteiger partial charge in [0.15, 0.2) is 0 Å². The quantitative estimate of drug-likeness (QED) is 0.0487. The molecular formula is C29H38BrN5O8S4. The number of esters is 2. The highest BCUT2D eigenvalue weighted by Crippen LogP contribution is 2.37. The van der Waals surface area contributed by atoms with Crippen LogP contribution < -0.4 is 0 Å². The predicted octanol–water partition coefficient (Wildman–Crippen LogP) is 5.31. The average molecular weight is 793 g/mol. The van der Waals surface area contributed by atoms with Gasteiger partial charge in [-0.15, -0.1) is 21.9 Å². The van der Waals surface area contributed by atoms with Crippen LogP contribution in [0.15, 0.2) is 24.5 Å². The van der Waals surface area contributed by atoms with Gasteiger partial charge in [-0.05, 0) is 45.7 Å². The smallest absolute Gasteiger partial charge is 0.341 e. The maximum Gasteiger partial charge on any atom is 0.341 e. The zero-order chi connectivity index (χ0) is 34.6. The molecule has 0 bridgehead atoms. The molecule has 1 N–H and O–H groups in total. The minimum Gasteiger partial charge on any atom is -0.464 e. The lowest BCUT2D eigenvalue weighted by molar-refractivity contribution is -0.204. The number of thioether (sulfide) groups is 1. The van der Waals surface area contributed by atoms with Gasteiger partial charge in [0.05, 0.1) is 35.4 Å². The third-order valence-electron chi connectivity index (χ3n) is 6.67. The van der Waals surface area contributed by atoms with Gasteiger partial charge in [0.2, 0.25) is 0 Å². The summed E-state index contributed by atoms with van der Waals surface area (Å²) in [6.07, 6.45) is 5.36. The van der Waals surface area contributed by atoms with Crippen molar-refractivity contribution < 1.29 is 38.3 Å². The molecule has 0 spiro atoms. The van der Waals surface area contributed by atoms with Crippen molar-refractivity contribution in [3.8, 4) is 0 Å². The largest absolute Gasteiger partial charge is 0.464 e. The molecule has 2 amide bonds. The normalized spacial score (nSPS) is 16.2. The van der Waals surface area contributed by atoms with Crippen molar-refractivity contribution in [3.63, 3.8) is 0 Å². The van der Waals surface area contributed by atoms with Crippen LogP contribution in [0.2, 0.25) is 0 Å². The standard InChI is InChI=1S/C29H38BrN5O8S4/c1-5-6-12-46-47-14-11-41-27(40)29(4,30)18-28(2,3)26(39)43-35-22(36)15-21(24(35)37)45-13-10-34-16-19(32-33-34)17-42-25(38)20-8-7-9-31-23(20)44/h7-9,16,21H,5-6,10-15,17-18H2,1-4H3,(H,31,44). The number of alkyl halides is 1. The molecule has 3 heterocycles. The van der Waals surface area contributed by atoms with Crippen molar-refractivity contribution in [2.75, 3.05) is 23.9 Å². The molecule has 1 saturated heterocycles. The molecule has 13 nitrogen and oxygen atoms in total. The summed E-state index contributed by atoms with van der Waals surface area (Å²) in [5, 5.41) is 7.76. The lowest BCUT2D eigenvalue weighted by Gasteiger charge is -2.30. The second kappa shape index (κ2) is 18.4. The third kappa shape index (κ3) is 11.9. The number of ether oxygens (including phenoxy) is 2. The van der Waals surface area contributed by atoms with Crippen LogP contribution in [0.25, 0.3) is 0 Å². The van der Waals surface area contributed by atoms with Crippen LogP contribution in [0.1, 0.15) is 69.4 Å². The lowest BCUT2D eigenvalue weighted by Crippen LogP contribution is -2.43. The van der Waals surface area contributed by atoms with Gasteiger partial charge in [-0.25, -0.2) is 9.59 Å². The SMILES string of the molecule is CCCCSSCCOC(=O)C(C)(Br)CC(C)(C)C(=O)ON1C(=O)CC(SCCn2cc(COC(=O)c3ccc[nH]c3=S)nn2)C1=O. The van der Waals surface area contributed by atoms with E-state index in [2.05, 4.69) is 38.1 Å². The average Bonchev–Trinajstić information content (AvgIpc) is 3.58. The molecule has 2 aromatic rings. The fourth-order valence-corrected chi connectivity index (χ4v) is 8.40. The first kappa shape index (κ1) is 39.0. The van der Waals surface area contributed by atoms with Crippen molar-refractivity contribution in [2.45, 2.75) is 76.1 Å². The van der Waals surface area contributed by atoms with Gasteiger partial charge in [0.25, 0.3) is 11.8 Å². The number of aryl methyl sites for hydroxylation is 1. The number of aromatic amines is 1. The number of hydrogen-bond acceptors (Lipinski definition) is 14. The molecule has 1 aliphatic rings. The number of halogens is 1. The highest BCUT2D eigenvalue weighted by atomic mass is 79.9. The van der Waals surface area contributed by atoms with Gasteiger partial charge in [-0.2, -0.15) is 0 Å². The van der Waals surface area contributed by atoms with E-state index >= 15 is 0 Å². The summed E-state index contributed by atoms with van der Waals surface area (Å²) in [4.78, 5) is 71.7. The van der Waals surface area contributed by atoms with E-state index in [0.717, 1.165) is 18.6 Å². The Morgan fingerprint density at radius 2 is 1.87 bits per heavy atom. The second-order valence-electron chi connectivity index (χ2n) is 11.3. The summed E-state index contributed by atoms with van der Waals surface area (Å²) in [5.41, 5.74) is -0.574. The molecule has 2 aromatic heterocycles. The Bertz CT molecular complexity index is 1480. The van der Waals surface area contributed by atoms with Gasteiger partial charge in [-0.3, -0.25) is 19.1 Å². The second-order valence-corrected chi connectivity index (χ2v) is 17.5. The van der Waals surface area contributed by atoms with Crippen LogP contribution in [0.3, 0.4) is 0 Å². The molecule has 2 atom stereocenters. The van der Waals surface area contributed by atoms with E-state index in [4.69, 9.17) is 26.5 Å². The van der Waals surface area contributed by atoms with Crippen molar-refractivity contribution in [1.82, 2.24) is 25.0 Å². The summed E-state index contributed by atoms with van der Waals surface area (Å²) in [7, 11) is 3.38. The maximum atomic E-state index is 13.1. The Morgan fingerprint density at radius 1 is 1.13 bits per heavy atom. The molecular weight excluding hydrogens is 755 g/mol. The van der Waals surface area contributed by atoms with E-state index in [1.165, 1.54) is 16.4 Å². The molecule has 1 fully saturated rings. The first-order chi connectivity index (χ1) is 22.2. The predicted molar refractivity (Wildman–Crippen MR) is 186 cm³/mol. The van der Waals surface area contributed by atoms with Gasteiger partial charge in [-0.1, -0.05) is 68.3 Å². The first-order valence-corrected chi connectivity index (χ1v) is 19.5. The molecule has 18 heteroatoms. The number of nitrogens with zero attached hydrogens (tertiary/aromatic N) is 4. The summed E-state index contributed by atoms with van der Waals surface area (Å²) in [6.45, 7) is 7.38. The first-order valence-electron chi connectivity index (χ1n) is 14.8. The van der Waals surface area contributed by atoms with Crippen molar-refractivity contribution in [1.29, 1.82) is 0 Å². The van der Waals surface area contributed by atoms with Crippen LogP contribution in [0, 0.1) is 10.1 Å². The van der Waals surface area contributed by atoms with Crippen LogP contribution in [0.4, 0.5) is 0 Å². The number of imide groups is 1. The number of unbranched alkanes of at least 4 members (excludes halogenated alkanes) is 1. The topological polar surface area (TPSA) is 163 Å². The molecule has 258 valence electrons. The van der Waals surface area contributed by atoms with E-state index in [9.17, 15) is 24.0 Å². The van der Waals surface area contributed by atoms with Gasteiger partial charge >= 0.3 is 17.9 Å². The number of nitrogens with one attached hydrogen (secondary N) is 1. The number of carbonyl (C=O) groups excluding carboxylic acids is 5. The Morgan fingerprint density at radius 3 is 2.60 bits per heavy atom. The minimum absolute atomic E-state index is 0.00337. The van der Waals surface area contributed by atoms with Crippen molar-refractivity contribution in [3.05, 3.63) is 40.4 Å². The van der Waals surface area contributed by atoms with Crippen LogP contribution in [-0.4, -0.2) is 88.2 Å². The Hall–Kier alpha value is -2.41. The number of hydrogen-bond donors (Lipinski definition) is 1. The maximum absolute atomic E-state index is 13.1. The zero-order valence-electron chi connectivity index (χ0n) is 26.5. The fourth-order valence-electron chi connectivity index (χ4n) is 4.23. The summed E-state index contributed by atoms with van der Waals surface area (Å²) in [5.74, 6) is -1.10. The molecule has 0 aliphatic carbocycles. The van der Waals surface area contributed by atoms with Gasteiger partial charge in [0, 0.05) is 23.5 Å². The van der Waals surface area contributed by atoms with E-state index in [1.54, 1.807) is 66.9 Å². The number of aromatic nitrogens is 4. The van der Waals surface area contributed by atoms with Crippen LogP contribution in [0.5, 0.6) is 0 Å². The molecule has 0 saturated carbocycles. The van der Waals surface area contributed by atoms with E-state index < -0.39 is 44.7 Å². The van der Waals surface area contributed by atoms with Crippen molar-refractivity contribution >= 4 is 91.2 Å². The highest BCUT2D eigenvalue weighted by Gasteiger charge is 2.47. The molecule has 0 aromatic carbocycles. The number of carbonyl (C=O) groups is 5. The number of H-pyrrole nitrogens is 1. The lowest BCUT2D eigenvalue weighted by atomic mass is 9.83. The minimum atomic E-state index is -1.24. The Labute approximate surface area is 298 Å². The summed E-state index contributed by atoms with van der Waals surface area (Å²) in [6, 6.07) is 3.20. The number of pyridine rings is 1. The summed E-state index contributed by atoms with van der Waals surface area (Å²) < 4.78 is 11.3. The zero-order valence-corrected chi connectivity index (χ0v) is 31.4. The Kier molecular flexibility index (Phi) is 15.3. The monoisotopic (exact) mass is 791 g/mol. The molecule has 1 aliphatic heterocycles. The summed E-state index contributed by atoms with van der Waals surface area (Å²) >= 11 is 9.70. The fraction of sp³-hybridized carbons (Fsp3) is 0.586. The van der Waals surface area contributed by atoms with Gasteiger partial charge < -0.3 is 19.3 Å². The van der Waals surface area contributed by atoms with Crippen molar-refractivity contribution in [2.24, 2.45) is 5.41 Å². The number of hydroxylamine groups is 2. The molecule has 47 heavy (non-hydrogen) atoms. The third-order valence-corrected chi connectivity index (χ3v) is 11.3. The van der Waals surface area contributed by atoms with Crippen LogP contribution in [-0.2, 0) is 46.6 Å². The molecule has 3 rings (SSSR count). The number of amides is 2. The van der Waals surface area contributed by atoms with Crippen LogP contribution >= 0.6 is 61.5 Å². The highest BCUT2D eigenvalue weighted by molar-refractivity contribution is 9.10. The Balaban J connectivity index is 1.42.